The summed E-state index contributed by atoms with van der Waals surface area (Å²) in [5, 5.41) is 3.79. The summed E-state index contributed by atoms with van der Waals surface area (Å²) in [4.78, 5) is 0. The van der Waals surface area contributed by atoms with E-state index >= 15 is 0 Å². The summed E-state index contributed by atoms with van der Waals surface area (Å²) in [7, 11) is 0. The maximum atomic E-state index is 6.45. The predicted molar refractivity (Wildman–Crippen MR) is 69.7 cm³/mol. The van der Waals surface area contributed by atoms with Crippen LogP contribution in [0.15, 0.2) is 35.9 Å². The Bertz CT molecular complexity index is 356. The molecule has 15 heavy (non-hydrogen) atoms. The van der Waals surface area contributed by atoms with Crippen molar-refractivity contribution in [2.24, 2.45) is 0 Å². The van der Waals surface area contributed by atoms with Crippen molar-refractivity contribution in [1.29, 1.82) is 0 Å². The molecule has 0 spiro atoms. The summed E-state index contributed by atoms with van der Waals surface area (Å²) in [5.74, 6) is 2.44. The van der Waals surface area contributed by atoms with Crippen molar-refractivity contribution >= 4 is 30.5 Å². The van der Waals surface area contributed by atoms with Crippen LogP contribution < -0.4 is 0 Å². The second-order valence-corrected chi connectivity index (χ2v) is 9.14. The number of hydrogen-bond acceptors (Lipinski definition) is 0. The van der Waals surface area contributed by atoms with Crippen LogP contribution in [0.2, 0.25) is 16.5 Å². The maximum absolute atomic E-state index is 6.45. The standard InChI is InChI=1S/C13H16ClSe/c1-15-9-5-8-12(10-15)13(14)11-6-3-2-4-7-11/h2-4,6-7H,5,8-10H2,1H3/q+1/b13-12-. The Labute approximate surface area is 101 Å². The molecule has 1 aliphatic heterocycles. The van der Waals surface area contributed by atoms with Crippen LogP contribution >= 0.6 is 11.6 Å². The van der Waals surface area contributed by atoms with Gasteiger partial charge in [0, 0.05) is 0 Å². The van der Waals surface area contributed by atoms with Crippen LogP contribution in [0.4, 0.5) is 0 Å². The van der Waals surface area contributed by atoms with E-state index in [1.807, 2.05) is 6.07 Å². The van der Waals surface area contributed by atoms with Gasteiger partial charge in [0.15, 0.2) is 0 Å². The van der Waals surface area contributed by atoms with E-state index in [-0.39, 0.29) is 13.9 Å². The molecule has 2 heteroatoms. The molecule has 2 rings (SSSR count). The molecule has 0 radical (unpaired) electrons. The number of hydrogen-bond donors (Lipinski definition) is 0. The Balaban J connectivity index is 2.24. The van der Waals surface area contributed by atoms with Crippen molar-refractivity contribution in [2.75, 3.05) is 0 Å². The normalized spacial score (nSPS) is 25.1. The van der Waals surface area contributed by atoms with Gasteiger partial charge in [-0.3, -0.25) is 0 Å². The van der Waals surface area contributed by atoms with E-state index in [2.05, 4.69) is 30.1 Å². The van der Waals surface area contributed by atoms with Crippen molar-refractivity contribution in [1.82, 2.24) is 0 Å². The van der Waals surface area contributed by atoms with Crippen LogP contribution in [0.25, 0.3) is 5.03 Å². The number of allylic oxidation sites excluding steroid dienone is 1. The molecule has 1 aliphatic rings. The third-order valence-electron chi connectivity index (χ3n) is 2.73. The van der Waals surface area contributed by atoms with Gasteiger partial charge in [0.25, 0.3) is 0 Å². The van der Waals surface area contributed by atoms with Crippen molar-refractivity contribution in [3.05, 3.63) is 41.5 Å². The summed E-state index contributed by atoms with van der Waals surface area (Å²) in [6.45, 7) is 0. The summed E-state index contributed by atoms with van der Waals surface area (Å²) in [5.41, 5.74) is 2.69. The zero-order valence-electron chi connectivity index (χ0n) is 9.00. The van der Waals surface area contributed by atoms with Gasteiger partial charge in [0.2, 0.25) is 0 Å². The SMILES string of the molecule is C[Se+]1CCC/C(=C(/Cl)c2ccccc2)C1. The monoisotopic (exact) mass is 287 g/mol. The van der Waals surface area contributed by atoms with Gasteiger partial charge in [-0.2, -0.15) is 0 Å². The second-order valence-electron chi connectivity index (χ2n) is 4.02. The van der Waals surface area contributed by atoms with Gasteiger partial charge < -0.3 is 0 Å². The minimum atomic E-state index is -0.347. The minimum absolute atomic E-state index is 0.347. The number of rotatable bonds is 1. The molecule has 1 heterocycles. The third-order valence-corrected chi connectivity index (χ3v) is 7.05. The van der Waals surface area contributed by atoms with Gasteiger partial charge in [0.1, 0.15) is 0 Å². The Morgan fingerprint density at radius 3 is 2.67 bits per heavy atom. The number of halogens is 1. The molecule has 0 nitrogen and oxygen atoms in total. The predicted octanol–water partition coefficient (Wildman–Crippen LogP) is 4.55. The molecule has 1 saturated heterocycles. The molecule has 1 aromatic rings. The molecule has 0 bridgehead atoms. The van der Waals surface area contributed by atoms with Crippen LogP contribution in [-0.4, -0.2) is 13.9 Å². The molecule has 80 valence electrons. The van der Waals surface area contributed by atoms with Gasteiger partial charge in [-0.15, -0.1) is 0 Å². The van der Waals surface area contributed by atoms with E-state index in [1.54, 1.807) is 0 Å². The molecule has 1 atom stereocenters. The van der Waals surface area contributed by atoms with Crippen molar-refractivity contribution in [2.45, 2.75) is 29.3 Å². The van der Waals surface area contributed by atoms with Crippen LogP contribution in [0, 0.1) is 0 Å². The van der Waals surface area contributed by atoms with E-state index in [0.717, 1.165) is 5.03 Å². The second kappa shape index (κ2) is 5.20. The Morgan fingerprint density at radius 1 is 1.27 bits per heavy atom. The van der Waals surface area contributed by atoms with E-state index in [4.69, 9.17) is 11.6 Å². The van der Waals surface area contributed by atoms with E-state index in [1.165, 1.54) is 34.6 Å². The first-order valence-electron chi connectivity index (χ1n) is 5.29. The average molecular weight is 287 g/mol. The summed E-state index contributed by atoms with van der Waals surface area (Å²) >= 11 is 6.10. The molecule has 0 aromatic heterocycles. The molecule has 0 saturated carbocycles. The third kappa shape index (κ3) is 2.87. The summed E-state index contributed by atoms with van der Waals surface area (Å²) in [6.07, 6.45) is 2.56. The Morgan fingerprint density at radius 2 is 2.00 bits per heavy atom. The van der Waals surface area contributed by atoms with Gasteiger partial charge in [0.05, 0.1) is 0 Å². The van der Waals surface area contributed by atoms with Crippen LogP contribution in [-0.2, 0) is 0 Å². The molecular weight excluding hydrogens is 271 g/mol. The first-order chi connectivity index (χ1) is 7.27. The summed E-state index contributed by atoms with van der Waals surface area (Å²) in [6, 6.07) is 10.4. The number of benzene rings is 1. The Kier molecular flexibility index (Phi) is 3.91. The first kappa shape index (κ1) is 11.3. The van der Waals surface area contributed by atoms with Crippen molar-refractivity contribution in [3.8, 4) is 0 Å². The van der Waals surface area contributed by atoms with Crippen LogP contribution in [0.1, 0.15) is 18.4 Å². The van der Waals surface area contributed by atoms with Gasteiger partial charge >= 0.3 is 101 Å². The molecule has 0 amide bonds. The topological polar surface area (TPSA) is 0 Å². The van der Waals surface area contributed by atoms with Gasteiger partial charge in [-0.05, 0) is 0 Å². The molecular formula is C13H16ClSe+. The zero-order valence-corrected chi connectivity index (χ0v) is 11.5. The van der Waals surface area contributed by atoms with E-state index in [0.29, 0.717) is 0 Å². The van der Waals surface area contributed by atoms with Crippen molar-refractivity contribution < 1.29 is 0 Å². The Hall–Kier alpha value is -0.231. The van der Waals surface area contributed by atoms with E-state index in [9.17, 15) is 0 Å². The van der Waals surface area contributed by atoms with Crippen LogP contribution in [0.5, 0.6) is 0 Å². The average Bonchev–Trinajstić information content (AvgIpc) is 2.29. The molecule has 1 fully saturated rings. The van der Waals surface area contributed by atoms with E-state index < -0.39 is 0 Å². The quantitative estimate of drug-likeness (QED) is 0.664. The fraction of sp³-hybridized carbons (Fsp3) is 0.385. The zero-order chi connectivity index (χ0) is 10.7. The van der Waals surface area contributed by atoms with Crippen molar-refractivity contribution in [3.63, 3.8) is 0 Å². The first-order valence-corrected chi connectivity index (χ1v) is 9.81. The van der Waals surface area contributed by atoms with Crippen LogP contribution in [0.3, 0.4) is 0 Å². The summed E-state index contributed by atoms with van der Waals surface area (Å²) < 4.78 is 0. The fourth-order valence-electron chi connectivity index (χ4n) is 1.94. The fourth-order valence-corrected chi connectivity index (χ4v) is 5.90. The molecule has 1 aromatic carbocycles. The molecule has 0 aliphatic carbocycles. The molecule has 1 unspecified atom stereocenters. The van der Waals surface area contributed by atoms with Gasteiger partial charge in [-0.25, -0.2) is 0 Å². The van der Waals surface area contributed by atoms with Gasteiger partial charge in [-0.1, -0.05) is 0 Å². The molecule has 0 N–H and O–H groups in total.